The van der Waals surface area contributed by atoms with Gasteiger partial charge in [0.25, 0.3) is 0 Å². The highest BCUT2D eigenvalue weighted by molar-refractivity contribution is 7.91. The molecular formula is C17H33N3O3S. The number of sulfone groups is 1. The first-order valence-corrected chi connectivity index (χ1v) is 11.3. The molecule has 1 saturated heterocycles. The van der Waals surface area contributed by atoms with Crippen LogP contribution in [0.3, 0.4) is 0 Å². The quantitative estimate of drug-likeness (QED) is 0.313. The average molecular weight is 360 g/mol. The Morgan fingerprint density at radius 1 is 1.12 bits per heavy atom. The topological polar surface area (TPSA) is 79.8 Å². The standard InChI is InChI=1S/C17H33N3O3S/c1-2-18-17(20-13-15-9-12-24(21,22)14-15)19-10-11-23-16-7-5-3-4-6-8-16/h15-16H,2-14H2,1H3,(H2,18,19,20). The number of ether oxygens (including phenoxy) is 1. The fourth-order valence-electron chi connectivity index (χ4n) is 3.38. The molecule has 2 rings (SSSR count). The van der Waals surface area contributed by atoms with Crippen LogP contribution in [0.4, 0.5) is 0 Å². The van der Waals surface area contributed by atoms with Gasteiger partial charge in [0.15, 0.2) is 15.8 Å². The van der Waals surface area contributed by atoms with Gasteiger partial charge in [-0.05, 0) is 32.1 Å². The van der Waals surface area contributed by atoms with Crippen LogP contribution in [0.2, 0.25) is 0 Å². The molecule has 1 saturated carbocycles. The van der Waals surface area contributed by atoms with Crippen molar-refractivity contribution in [1.82, 2.24) is 10.6 Å². The Hall–Kier alpha value is -0.820. The van der Waals surface area contributed by atoms with Gasteiger partial charge in [-0.3, -0.25) is 4.99 Å². The minimum atomic E-state index is -2.82. The molecule has 140 valence electrons. The molecule has 1 unspecified atom stereocenters. The van der Waals surface area contributed by atoms with Crippen molar-refractivity contribution in [3.63, 3.8) is 0 Å². The molecule has 0 amide bonds. The SMILES string of the molecule is CCNC(=NCC1CCS(=O)(=O)C1)NCCOC1CCCCCC1. The lowest BCUT2D eigenvalue weighted by Crippen LogP contribution is -2.39. The van der Waals surface area contributed by atoms with Gasteiger partial charge in [0.2, 0.25) is 0 Å². The molecule has 0 aromatic carbocycles. The molecule has 2 N–H and O–H groups in total. The molecule has 0 bridgehead atoms. The normalized spacial score (nSPS) is 25.4. The zero-order valence-corrected chi connectivity index (χ0v) is 15.7. The Morgan fingerprint density at radius 2 is 1.88 bits per heavy atom. The molecule has 7 heteroatoms. The molecule has 24 heavy (non-hydrogen) atoms. The maximum atomic E-state index is 11.5. The van der Waals surface area contributed by atoms with Gasteiger partial charge in [0, 0.05) is 19.6 Å². The summed E-state index contributed by atoms with van der Waals surface area (Å²) in [6.07, 6.45) is 8.76. The summed E-state index contributed by atoms with van der Waals surface area (Å²) in [6.45, 7) is 4.80. The summed E-state index contributed by atoms with van der Waals surface area (Å²) in [4.78, 5) is 4.53. The van der Waals surface area contributed by atoms with Gasteiger partial charge in [-0.1, -0.05) is 25.7 Å². The lowest BCUT2D eigenvalue weighted by molar-refractivity contribution is 0.0468. The van der Waals surface area contributed by atoms with Crippen molar-refractivity contribution >= 4 is 15.8 Å². The van der Waals surface area contributed by atoms with E-state index in [1.807, 2.05) is 6.92 Å². The first kappa shape index (κ1) is 19.5. The molecule has 2 fully saturated rings. The Labute approximate surface area is 146 Å². The highest BCUT2D eigenvalue weighted by atomic mass is 32.2. The summed E-state index contributed by atoms with van der Waals surface area (Å²) in [5, 5.41) is 6.49. The predicted octanol–water partition coefficient (Wildman–Crippen LogP) is 1.72. The van der Waals surface area contributed by atoms with E-state index < -0.39 is 9.84 Å². The van der Waals surface area contributed by atoms with Gasteiger partial charge in [-0.25, -0.2) is 8.42 Å². The number of aliphatic imine (C=N–C) groups is 1. The minimum Gasteiger partial charge on any atom is -0.376 e. The molecule has 1 aliphatic carbocycles. The van der Waals surface area contributed by atoms with Gasteiger partial charge in [-0.15, -0.1) is 0 Å². The first-order chi connectivity index (χ1) is 11.6. The third-order valence-corrected chi connectivity index (χ3v) is 6.57. The Balaban J connectivity index is 1.67. The van der Waals surface area contributed by atoms with Crippen LogP contribution in [0.1, 0.15) is 51.9 Å². The molecule has 6 nitrogen and oxygen atoms in total. The molecule has 0 aromatic rings. The Bertz CT molecular complexity index is 485. The summed E-state index contributed by atoms with van der Waals surface area (Å²) in [5.41, 5.74) is 0. The van der Waals surface area contributed by atoms with E-state index in [1.165, 1.54) is 38.5 Å². The average Bonchev–Trinajstić information content (AvgIpc) is 2.75. The smallest absolute Gasteiger partial charge is 0.191 e. The van der Waals surface area contributed by atoms with E-state index in [9.17, 15) is 8.42 Å². The highest BCUT2D eigenvalue weighted by Gasteiger charge is 2.27. The predicted molar refractivity (Wildman–Crippen MR) is 98.2 cm³/mol. The van der Waals surface area contributed by atoms with Gasteiger partial charge in [-0.2, -0.15) is 0 Å². The molecule has 1 heterocycles. The minimum absolute atomic E-state index is 0.160. The van der Waals surface area contributed by atoms with Crippen LogP contribution in [0, 0.1) is 5.92 Å². The maximum absolute atomic E-state index is 11.5. The van der Waals surface area contributed by atoms with Crippen LogP contribution in [0.25, 0.3) is 0 Å². The highest BCUT2D eigenvalue weighted by Crippen LogP contribution is 2.19. The monoisotopic (exact) mass is 359 g/mol. The van der Waals surface area contributed by atoms with Crippen molar-refractivity contribution < 1.29 is 13.2 Å². The molecule has 1 atom stereocenters. The zero-order chi connectivity index (χ0) is 17.3. The maximum Gasteiger partial charge on any atom is 0.191 e. The second kappa shape index (κ2) is 10.2. The summed E-state index contributed by atoms with van der Waals surface area (Å²) >= 11 is 0. The molecule has 2 aliphatic rings. The third kappa shape index (κ3) is 7.38. The van der Waals surface area contributed by atoms with E-state index in [1.54, 1.807) is 0 Å². The van der Waals surface area contributed by atoms with Crippen LogP contribution in [-0.4, -0.2) is 58.2 Å². The van der Waals surface area contributed by atoms with Gasteiger partial charge in [0.05, 0.1) is 24.2 Å². The summed E-state index contributed by atoms with van der Waals surface area (Å²) in [7, 11) is -2.82. The summed E-state index contributed by atoms with van der Waals surface area (Å²) < 4.78 is 29.0. The van der Waals surface area contributed by atoms with Gasteiger partial charge in [0.1, 0.15) is 0 Å². The number of nitrogens with zero attached hydrogens (tertiary/aromatic N) is 1. The van der Waals surface area contributed by atoms with Crippen molar-refractivity contribution in [2.75, 3.05) is 37.7 Å². The molecule has 0 aromatic heterocycles. The van der Waals surface area contributed by atoms with E-state index in [0.717, 1.165) is 25.5 Å². The van der Waals surface area contributed by atoms with Crippen LogP contribution in [-0.2, 0) is 14.6 Å². The van der Waals surface area contributed by atoms with E-state index in [2.05, 4.69) is 15.6 Å². The molecule has 0 radical (unpaired) electrons. The van der Waals surface area contributed by atoms with Crippen molar-refractivity contribution in [3.8, 4) is 0 Å². The number of guanidine groups is 1. The summed E-state index contributed by atoms with van der Waals surface area (Å²) in [5.74, 6) is 1.51. The lowest BCUT2D eigenvalue weighted by atomic mass is 10.1. The number of nitrogens with one attached hydrogen (secondary N) is 2. The second-order valence-corrected chi connectivity index (χ2v) is 9.13. The van der Waals surface area contributed by atoms with Gasteiger partial charge >= 0.3 is 0 Å². The van der Waals surface area contributed by atoms with Crippen LogP contribution >= 0.6 is 0 Å². The fourth-order valence-corrected chi connectivity index (χ4v) is 5.23. The number of rotatable bonds is 7. The van der Waals surface area contributed by atoms with Crippen LogP contribution in [0.15, 0.2) is 4.99 Å². The van der Waals surface area contributed by atoms with E-state index in [4.69, 9.17) is 4.74 Å². The van der Waals surface area contributed by atoms with E-state index in [0.29, 0.717) is 25.0 Å². The Kier molecular flexibility index (Phi) is 8.32. The van der Waals surface area contributed by atoms with Crippen molar-refractivity contribution in [2.45, 2.75) is 58.0 Å². The molecule has 1 aliphatic heterocycles. The first-order valence-electron chi connectivity index (χ1n) is 9.43. The lowest BCUT2D eigenvalue weighted by Gasteiger charge is -2.17. The largest absolute Gasteiger partial charge is 0.376 e. The van der Waals surface area contributed by atoms with Crippen LogP contribution < -0.4 is 10.6 Å². The number of hydrogen-bond donors (Lipinski definition) is 2. The van der Waals surface area contributed by atoms with Crippen LogP contribution in [0.5, 0.6) is 0 Å². The Morgan fingerprint density at radius 3 is 2.50 bits per heavy atom. The summed E-state index contributed by atoms with van der Waals surface area (Å²) in [6, 6.07) is 0. The van der Waals surface area contributed by atoms with E-state index in [-0.39, 0.29) is 11.7 Å². The molecule has 0 spiro atoms. The molecular weight excluding hydrogens is 326 g/mol. The third-order valence-electron chi connectivity index (χ3n) is 4.73. The van der Waals surface area contributed by atoms with Gasteiger partial charge < -0.3 is 15.4 Å². The van der Waals surface area contributed by atoms with Crippen molar-refractivity contribution in [1.29, 1.82) is 0 Å². The van der Waals surface area contributed by atoms with Crippen molar-refractivity contribution in [3.05, 3.63) is 0 Å². The number of hydrogen-bond acceptors (Lipinski definition) is 4. The fraction of sp³-hybridized carbons (Fsp3) is 0.941. The van der Waals surface area contributed by atoms with Crippen molar-refractivity contribution in [2.24, 2.45) is 10.9 Å². The van der Waals surface area contributed by atoms with E-state index >= 15 is 0 Å². The zero-order valence-electron chi connectivity index (χ0n) is 14.9. The second-order valence-electron chi connectivity index (χ2n) is 6.90.